The zero-order chi connectivity index (χ0) is 14.8. The highest BCUT2D eigenvalue weighted by atomic mass is 16.5. The van der Waals surface area contributed by atoms with Crippen molar-refractivity contribution in [2.75, 3.05) is 11.4 Å². The Hall–Kier alpha value is -1.95. The lowest BCUT2D eigenvalue weighted by Crippen LogP contribution is -2.30. The van der Waals surface area contributed by atoms with Crippen molar-refractivity contribution in [3.8, 4) is 0 Å². The Morgan fingerprint density at radius 3 is 2.60 bits per heavy atom. The van der Waals surface area contributed by atoms with E-state index in [-0.39, 0.29) is 11.8 Å². The molecular weight excluding hydrogens is 258 g/mol. The molecule has 2 amide bonds. The quantitative estimate of drug-likeness (QED) is 0.432. The van der Waals surface area contributed by atoms with E-state index in [0.717, 1.165) is 25.7 Å². The SMILES string of the molecule is CC(=O)N(CCCCCCC(=O)NO)c1ccccn1. The number of rotatable bonds is 8. The lowest BCUT2D eigenvalue weighted by molar-refractivity contribution is -0.129. The molecule has 6 heteroatoms. The summed E-state index contributed by atoms with van der Waals surface area (Å²) in [6.45, 7) is 2.15. The Bertz CT molecular complexity index is 423. The number of carbonyl (C=O) groups is 2. The lowest BCUT2D eigenvalue weighted by atomic mass is 10.1. The van der Waals surface area contributed by atoms with Crippen molar-refractivity contribution in [3.05, 3.63) is 24.4 Å². The minimum Gasteiger partial charge on any atom is -0.297 e. The summed E-state index contributed by atoms with van der Waals surface area (Å²) in [5.74, 6) is 0.284. The van der Waals surface area contributed by atoms with Gasteiger partial charge in [-0.15, -0.1) is 0 Å². The van der Waals surface area contributed by atoms with E-state index in [1.54, 1.807) is 16.6 Å². The molecule has 1 heterocycles. The van der Waals surface area contributed by atoms with Crippen LogP contribution in [-0.2, 0) is 9.59 Å². The second-order valence-electron chi connectivity index (χ2n) is 4.56. The average Bonchev–Trinajstić information content (AvgIpc) is 2.46. The van der Waals surface area contributed by atoms with E-state index in [1.165, 1.54) is 6.92 Å². The summed E-state index contributed by atoms with van der Waals surface area (Å²) >= 11 is 0. The van der Waals surface area contributed by atoms with E-state index >= 15 is 0 Å². The first-order chi connectivity index (χ1) is 9.65. The van der Waals surface area contributed by atoms with Gasteiger partial charge in [-0.05, 0) is 25.0 Å². The van der Waals surface area contributed by atoms with Gasteiger partial charge in [0.2, 0.25) is 11.8 Å². The first kappa shape index (κ1) is 16.1. The highest BCUT2D eigenvalue weighted by Crippen LogP contribution is 2.12. The Balaban J connectivity index is 2.28. The molecular formula is C14H21N3O3. The second-order valence-corrected chi connectivity index (χ2v) is 4.56. The molecule has 0 spiro atoms. The number of nitrogens with one attached hydrogen (secondary N) is 1. The van der Waals surface area contributed by atoms with Crippen molar-refractivity contribution < 1.29 is 14.8 Å². The van der Waals surface area contributed by atoms with Crippen LogP contribution in [-0.4, -0.2) is 28.6 Å². The molecule has 20 heavy (non-hydrogen) atoms. The number of pyridine rings is 1. The number of hydrogen-bond acceptors (Lipinski definition) is 4. The third-order valence-electron chi connectivity index (χ3n) is 2.97. The van der Waals surface area contributed by atoms with Crippen LogP contribution in [0.25, 0.3) is 0 Å². The minimum absolute atomic E-state index is 0.0247. The van der Waals surface area contributed by atoms with Gasteiger partial charge in [0.25, 0.3) is 0 Å². The first-order valence-corrected chi connectivity index (χ1v) is 6.77. The molecule has 0 fully saturated rings. The standard InChI is InChI=1S/C14H21N3O3/c1-12(18)17(13-8-5-6-10-15-13)11-7-3-2-4-9-14(19)16-20/h5-6,8,10,20H,2-4,7,9,11H2,1H3,(H,16,19). The molecule has 0 aliphatic carbocycles. The maximum Gasteiger partial charge on any atom is 0.243 e. The van der Waals surface area contributed by atoms with Crippen molar-refractivity contribution in [3.63, 3.8) is 0 Å². The molecule has 0 saturated heterocycles. The fraction of sp³-hybridized carbons (Fsp3) is 0.500. The van der Waals surface area contributed by atoms with Crippen molar-refractivity contribution in [1.82, 2.24) is 10.5 Å². The number of amides is 2. The summed E-state index contributed by atoms with van der Waals surface area (Å²) in [4.78, 5) is 28.2. The van der Waals surface area contributed by atoms with E-state index in [1.807, 2.05) is 18.2 Å². The molecule has 0 aliphatic rings. The number of aromatic nitrogens is 1. The molecule has 0 aromatic carbocycles. The van der Waals surface area contributed by atoms with Gasteiger partial charge >= 0.3 is 0 Å². The van der Waals surface area contributed by atoms with Crippen molar-refractivity contribution in [1.29, 1.82) is 0 Å². The van der Waals surface area contributed by atoms with Crippen LogP contribution in [0.2, 0.25) is 0 Å². The summed E-state index contributed by atoms with van der Waals surface area (Å²) in [6, 6.07) is 5.48. The first-order valence-electron chi connectivity index (χ1n) is 6.77. The molecule has 0 saturated carbocycles. The molecule has 2 N–H and O–H groups in total. The van der Waals surface area contributed by atoms with Gasteiger partial charge in [0.15, 0.2) is 0 Å². The van der Waals surface area contributed by atoms with Crippen LogP contribution in [0.3, 0.4) is 0 Å². The monoisotopic (exact) mass is 279 g/mol. The third-order valence-corrected chi connectivity index (χ3v) is 2.97. The van der Waals surface area contributed by atoms with Crippen LogP contribution in [0.5, 0.6) is 0 Å². The van der Waals surface area contributed by atoms with Gasteiger partial charge < -0.3 is 0 Å². The predicted molar refractivity (Wildman–Crippen MR) is 75.3 cm³/mol. The molecule has 0 bridgehead atoms. The van der Waals surface area contributed by atoms with Gasteiger partial charge in [0.05, 0.1) is 0 Å². The van der Waals surface area contributed by atoms with E-state index in [2.05, 4.69) is 4.98 Å². The van der Waals surface area contributed by atoms with E-state index < -0.39 is 0 Å². The Morgan fingerprint density at radius 1 is 1.25 bits per heavy atom. The van der Waals surface area contributed by atoms with Crippen molar-refractivity contribution in [2.24, 2.45) is 0 Å². The third kappa shape index (κ3) is 5.79. The zero-order valence-corrected chi connectivity index (χ0v) is 11.7. The number of carbonyl (C=O) groups excluding carboxylic acids is 2. The highest BCUT2D eigenvalue weighted by Gasteiger charge is 2.11. The summed E-state index contributed by atoms with van der Waals surface area (Å²) in [6.07, 6.45) is 5.40. The van der Waals surface area contributed by atoms with Gasteiger partial charge in [-0.3, -0.25) is 19.7 Å². The molecule has 1 aromatic heterocycles. The summed E-state index contributed by atoms with van der Waals surface area (Å²) in [5, 5.41) is 8.35. The van der Waals surface area contributed by atoms with Gasteiger partial charge in [0, 0.05) is 26.1 Å². The smallest absolute Gasteiger partial charge is 0.243 e. The number of anilines is 1. The maximum atomic E-state index is 11.6. The molecule has 0 radical (unpaired) electrons. The predicted octanol–water partition coefficient (Wildman–Crippen LogP) is 1.89. The Labute approximate surface area is 118 Å². The largest absolute Gasteiger partial charge is 0.297 e. The normalized spacial score (nSPS) is 10.1. The van der Waals surface area contributed by atoms with Crippen LogP contribution >= 0.6 is 0 Å². The Morgan fingerprint density at radius 2 is 2.00 bits per heavy atom. The molecule has 0 unspecified atom stereocenters. The summed E-state index contributed by atoms with van der Waals surface area (Å²) in [7, 11) is 0. The molecule has 1 aromatic rings. The molecule has 0 atom stereocenters. The molecule has 110 valence electrons. The second kappa shape index (κ2) is 9.03. The molecule has 0 aliphatic heterocycles. The van der Waals surface area contributed by atoms with Crippen molar-refractivity contribution >= 4 is 17.6 Å². The van der Waals surface area contributed by atoms with E-state index in [9.17, 15) is 9.59 Å². The topological polar surface area (TPSA) is 82.5 Å². The Kier molecular flexibility index (Phi) is 7.27. The van der Waals surface area contributed by atoms with Gasteiger partial charge in [0.1, 0.15) is 5.82 Å². The molecule has 6 nitrogen and oxygen atoms in total. The highest BCUT2D eigenvalue weighted by molar-refractivity contribution is 5.90. The maximum absolute atomic E-state index is 11.6. The van der Waals surface area contributed by atoms with Gasteiger partial charge in [-0.1, -0.05) is 18.9 Å². The van der Waals surface area contributed by atoms with E-state index in [0.29, 0.717) is 18.8 Å². The van der Waals surface area contributed by atoms with E-state index in [4.69, 9.17) is 5.21 Å². The average molecular weight is 279 g/mol. The van der Waals surface area contributed by atoms with Gasteiger partial charge in [-0.25, -0.2) is 10.5 Å². The fourth-order valence-corrected chi connectivity index (χ4v) is 1.91. The fourth-order valence-electron chi connectivity index (χ4n) is 1.91. The van der Waals surface area contributed by atoms with Crippen molar-refractivity contribution in [2.45, 2.75) is 39.0 Å². The lowest BCUT2D eigenvalue weighted by Gasteiger charge is -2.19. The molecule has 1 rings (SSSR count). The van der Waals surface area contributed by atoms with Gasteiger partial charge in [-0.2, -0.15) is 0 Å². The summed E-state index contributed by atoms with van der Waals surface area (Å²) < 4.78 is 0. The summed E-state index contributed by atoms with van der Waals surface area (Å²) in [5.41, 5.74) is 1.61. The number of nitrogens with zero attached hydrogens (tertiary/aromatic N) is 2. The minimum atomic E-state index is -0.358. The van der Waals surface area contributed by atoms with Crippen LogP contribution in [0.4, 0.5) is 5.82 Å². The number of hydroxylamine groups is 1. The van der Waals surface area contributed by atoms with Crippen LogP contribution < -0.4 is 10.4 Å². The zero-order valence-electron chi connectivity index (χ0n) is 11.7. The number of hydrogen-bond donors (Lipinski definition) is 2. The number of unbranched alkanes of at least 4 members (excludes halogenated alkanes) is 3. The van der Waals surface area contributed by atoms with Crippen LogP contribution in [0.1, 0.15) is 39.0 Å². The van der Waals surface area contributed by atoms with Crippen LogP contribution in [0.15, 0.2) is 24.4 Å². The van der Waals surface area contributed by atoms with Crippen LogP contribution in [0, 0.1) is 0 Å².